The maximum atomic E-state index is 2.55. The second-order valence-electron chi connectivity index (χ2n) is 16.4. The molecule has 9 aromatic carbocycles. The molecule has 0 bridgehead atoms. The van der Waals surface area contributed by atoms with E-state index in [-0.39, 0.29) is 5.41 Å². The highest BCUT2D eigenvalue weighted by Gasteiger charge is 2.47. The maximum Gasteiger partial charge on any atom is 0.0714 e. The number of anilines is 3. The molecule has 11 rings (SSSR count). The van der Waals surface area contributed by atoms with Crippen LogP contribution in [0, 0.1) is 0 Å². The highest BCUT2D eigenvalue weighted by molar-refractivity contribution is 6.01. The third-order valence-corrected chi connectivity index (χ3v) is 13.0. The lowest BCUT2D eigenvalue weighted by atomic mass is 9.68. The zero-order valence-corrected chi connectivity index (χ0v) is 33.3. The van der Waals surface area contributed by atoms with Crippen LogP contribution < -0.4 is 4.90 Å². The maximum absolute atomic E-state index is 2.55. The number of hydrogen-bond donors (Lipinski definition) is 0. The Hall–Kier alpha value is -7.22. The van der Waals surface area contributed by atoms with Gasteiger partial charge in [0, 0.05) is 22.2 Å². The molecule has 0 spiro atoms. The molecule has 0 saturated carbocycles. The van der Waals surface area contributed by atoms with Gasteiger partial charge in [0.15, 0.2) is 0 Å². The summed E-state index contributed by atoms with van der Waals surface area (Å²) < 4.78 is 0. The molecule has 2 aliphatic carbocycles. The Morgan fingerprint density at radius 3 is 1.51 bits per heavy atom. The number of rotatable bonds is 7. The highest BCUT2D eigenvalue weighted by atomic mass is 15.1. The minimum absolute atomic E-state index is 0.159. The quantitative estimate of drug-likeness (QED) is 0.157. The van der Waals surface area contributed by atoms with Crippen molar-refractivity contribution >= 4 is 17.1 Å². The van der Waals surface area contributed by atoms with E-state index in [2.05, 4.69) is 243 Å². The summed E-state index contributed by atoms with van der Waals surface area (Å²) in [5.41, 5.74) is 20.5. The fraction of sp³-hybridized carbons (Fsp3) is 0.0690. The van der Waals surface area contributed by atoms with Gasteiger partial charge in [-0.2, -0.15) is 0 Å². The van der Waals surface area contributed by atoms with Crippen molar-refractivity contribution in [1.29, 1.82) is 0 Å². The van der Waals surface area contributed by atoms with Crippen LogP contribution in [-0.4, -0.2) is 0 Å². The molecule has 59 heavy (non-hydrogen) atoms. The standard InChI is InChI=1S/C58H43N/c1-57(2)50-32-17-14-29-46(50)47-38-37-43(39-53(47)57)59(54-35-19-16-30-48(54)45-28-13-12-27-44(45)40-21-6-3-7-22-40)55-36-20-34-52-56(55)49-31-15-18-33-51(49)58(52,41-23-8-4-9-24-41)42-25-10-5-11-26-42/h3-39H,1-2H3. The first-order valence-corrected chi connectivity index (χ1v) is 20.7. The summed E-state index contributed by atoms with van der Waals surface area (Å²) in [5.74, 6) is 0. The van der Waals surface area contributed by atoms with Gasteiger partial charge in [0.25, 0.3) is 0 Å². The van der Waals surface area contributed by atoms with Gasteiger partial charge in [-0.15, -0.1) is 0 Å². The largest absolute Gasteiger partial charge is 0.309 e. The monoisotopic (exact) mass is 753 g/mol. The summed E-state index contributed by atoms with van der Waals surface area (Å²) in [6.07, 6.45) is 0. The second kappa shape index (κ2) is 13.7. The normalized spacial score (nSPS) is 13.9. The Morgan fingerprint density at radius 2 is 0.814 bits per heavy atom. The third kappa shape index (κ3) is 5.25. The van der Waals surface area contributed by atoms with Gasteiger partial charge in [-0.25, -0.2) is 0 Å². The van der Waals surface area contributed by atoms with E-state index in [1.807, 2.05) is 0 Å². The van der Waals surface area contributed by atoms with Crippen molar-refractivity contribution in [2.24, 2.45) is 0 Å². The van der Waals surface area contributed by atoms with Crippen LogP contribution in [0.4, 0.5) is 17.1 Å². The molecule has 0 radical (unpaired) electrons. The second-order valence-corrected chi connectivity index (χ2v) is 16.4. The first-order valence-electron chi connectivity index (χ1n) is 20.7. The summed E-state index contributed by atoms with van der Waals surface area (Å²) >= 11 is 0. The van der Waals surface area contributed by atoms with Crippen molar-refractivity contribution < 1.29 is 0 Å². The minimum atomic E-state index is -0.517. The van der Waals surface area contributed by atoms with Gasteiger partial charge in [-0.1, -0.05) is 214 Å². The molecular formula is C58H43N. The molecule has 2 aliphatic rings. The van der Waals surface area contributed by atoms with Gasteiger partial charge in [-0.3, -0.25) is 0 Å². The Labute approximate surface area is 347 Å². The number of nitrogens with zero attached hydrogens (tertiary/aromatic N) is 1. The highest BCUT2D eigenvalue weighted by Crippen LogP contribution is 2.60. The van der Waals surface area contributed by atoms with Gasteiger partial charge in [0.05, 0.1) is 16.8 Å². The number of fused-ring (bicyclic) bond motifs is 6. The summed E-state index contributed by atoms with van der Waals surface area (Å²) in [7, 11) is 0. The van der Waals surface area contributed by atoms with Crippen LogP contribution in [0.1, 0.15) is 47.2 Å². The van der Waals surface area contributed by atoms with Crippen molar-refractivity contribution in [3.05, 3.63) is 258 Å². The molecule has 0 aromatic heterocycles. The molecule has 0 amide bonds. The zero-order chi connectivity index (χ0) is 39.6. The lowest BCUT2D eigenvalue weighted by Gasteiger charge is -2.35. The molecule has 9 aromatic rings. The fourth-order valence-corrected chi connectivity index (χ4v) is 10.4. The predicted molar refractivity (Wildman–Crippen MR) is 247 cm³/mol. The van der Waals surface area contributed by atoms with E-state index in [1.54, 1.807) is 0 Å². The van der Waals surface area contributed by atoms with Crippen molar-refractivity contribution in [3.8, 4) is 44.5 Å². The summed E-state index contributed by atoms with van der Waals surface area (Å²) in [5, 5.41) is 0. The predicted octanol–water partition coefficient (Wildman–Crippen LogP) is 15.2. The van der Waals surface area contributed by atoms with E-state index >= 15 is 0 Å². The molecular weight excluding hydrogens is 711 g/mol. The Balaban J connectivity index is 1.23. The van der Waals surface area contributed by atoms with Crippen molar-refractivity contribution in [1.82, 2.24) is 0 Å². The van der Waals surface area contributed by atoms with Crippen LogP contribution in [0.2, 0.25) is 0 Å². The topological polar surface area (TPSA) is 3.24 Å². The molecule has 1 heteroatoms. The van der Waals surface area contributed by atoms with Gasteiger partial charge < -0.3 is 4.90 Å². The lowest BCUT2D eigenvalue weighted by Crippen LogP contribution is -2.28. The first-order chi connectivity index (χ1) is 29.1. The lowest BCUT2D eigenvalue weighted by molar-refractivity contribution is 0.660. The SMILES string of the molecule is CC1(C)c2ccccc2-c2ccc(N(c3ccccc3-c3ccccc3-c3ccccc3)c3cccc4c3-c3ccccc3C4(c3ccccc3)c3ccccc3)cc21. The van der Waals surface area contributed by atoms with Crippen molar-refractivity contribution in [2.45, 2.75) is 24.7 Å². The third-order valence-electron chi connectivity index (χ3n) is 13.0. The van der Waals surface area contributed by atoms with Crippen molar-refractivity contribution in [3.63, 3.8) is 0 Å². The number of hydrogen-bond acceptors (Lipinski definition) is 1. The van der Waals surface area contributed by atoms with Gasteiger partial charge in [-0.05, 0) is 91.0 Å². The molecule has 0 saturated heterocycles. The summed E-state index contributed by atoms with van der Waals surface area (Å²) in [4.78, 5) is 2.55. The molecule has 280 valence electrons. The Kier molecular flexibility index (Phi) is 8.13. The van der Waals surface area contributed by atoms with E-state index in [0.29, 0.717) is 0 Å². The van der Waals surface area contributed by atoms with Crippen LogP contribution in [0.25, 0.3) is 44.5 Å². The average molecular weight is 754 g/mol. The van der Waals surface area contributed by atoms with E-state index in [4.69, 9.17) is 0 Å². The van der Waals surface area contributed by atoms with Gasteiger partial charge in [0.2, 0.25) is 0 Å². The molecule has 0 heterocycles. The molecule has 0 N–H and O–H groups in total. The molecule has 0 unspecified atom stereocenters. The van der Waals surface area contributed by atoms with Crippen LogP contribution in [0.5, 0.6) is 0 Å². The van der Waals surface area contributed by atoms with E-state index in [9.17, 15) is 0 Å². The van der Waals surface area contributed by atoms with Crippen LogP contribution in [-0.2, 0) is 10.8 Å². The zero-order valence-electron chi connectivity index (χ0n) is 33.3. The van der Waals surface area contributed by atoms with Crippen LogP contribution in [0.3, 0.4) is 0 Å². The number of para-hydroxylation sites is 1. The smallest absolute Gasteiger partial charge is 0.0714 e. The Bertz CT molecular complexity index is 2970. The van der Waals surface area contributed by atoms with E-state index in [0.717, 1.165) is 17.1 Å². The van der Waals surface area contributed by atoms with Crippen molar-refractivity contribution in [2.75, 3.05) is 4.90 Å². The summed E-state index contributed by atoms with van der Waals surface area (Å²) in [6, 6.07) is 83.0. The fourth-order valence-electron chi connectivity index (χ4n) is 10.4. The number of benzene rings is 9. The van der Waals surface area contributed by atoms with Crippen LogP contribution in [0.15, 0.2) is 224 Å². The van der Waals surface area contributed by atoms with E-state index < -0.39 is 5.41 Å². The van der Waals surface area contributed by atoms with Gasteiger partial charge >= 0.3 is 0 Å². The molecule has 1 nitrogen and oxygen atoms in total. The van der Waals surface area contributed by atoms with E-state index in [1.165, 1.54) is 77.9 Å². The van der Waals surface area contributed by atoms with Gasteiger partial charge in [0.1, 0.15) is 0 Å². The van der Waals surface area contributed by atoms with Crippen LogP contribution >= 0.6 is 0 Å². The average Bonchev–Trinajstić information content (AvgIpc) is 3.74. The molecule has 0 atom stereocenters. The molecule has 0 aliphatic heterocycles. The Morgan fingerprint density at radius 1 is 0.322 bits per heavy atom. The minimum Gasteiger partial charge on any atom is -0.309 e. The summed E-state index contributed by atoms with van der Waals surface area (Å²) in [6.45, 7) is 4.75. The first kappa shape index (κ1) is 35.0. The molecule has 0 fully saturated rings.